The number of fused-ring (bicyclic) bond motifs is 3. The Bertz CT molecular complexity index is 900. The first kappa shape index (κ1) is 16.4. The number of carbonyl (C=O) groups is 1. The molecule has 128 valence electrons. The maximum atomic E-state index is 12.8. The Hall–Kier alpha value is -2.03. The standard InChI is InChI=1S/C19H17ClN2O2S/c1-24-15-5-4-14-13(17(15)20)3-2-12-8-16(25-18(12)14)19(23)22-7-6-11(9-21)10-22/h4-5,8,11H,2-3,6-7,10H2,1H3. The molecule has 1 aromatic heterocycles. The molecule has 1 amide bonds. The van der Waals surface area contributed by atoms with Gasteiger partial charge >= 0.3 is 0 Å². The van der Waals surface area contributed by atoms with Gasteiger partial charge in [-0.1, -0.05) is 11.6 Å². The van der Waals surface area contributed by atoms with Crippen molar-refractivity contribution in [2.24, 2.45) is 5.92 Å². The van der Waals surface area contributed by atoms with E-state index in [0.29, 0.717) is 23.9 Å². The van der Waals surface area contributed by atoms with E-state index in [1.54, 1.807) is 12.0 Å². The Morgan fingerprint density at radius 2 is 2.28 bits per heavy atom. The number of benzene rings is 1. The summed E-state index contributed by atoms with van der Waals surface area (Å²) in [6.07, 6.45) is 2.49. The maximum absolute atomic E-state index is 12.8. The van der Waals surface area contributed by atoms with Crippen LogP contribution in [0.1, 0.15) is 27.2 Å². The number of nitriles is 1. The number of hydrogen-bond donors (Lipinski definition) is 0. The van der Waals surface area contributed by atoms with Crippen molar-refractivity contribution >= 4 is 28.8 Å². The smallest absolute Gasteiger partial charge is 0.263 e. The number of methoxy groups -OCH3 is 1. The number of halogens is 1. The molecule has 1 fully saturated rings. The average molecular weight is 373 g/mol. The zero-order chi connectivity index (χ0) is 17.6. The number of nitrogens with zero attached hydrogens (tertiary/aromatic N) is 2. The number of thiophene rings is 1. The van der Waals surface area contributed by atoms with Crippen molar-refractivity contribution in [1.29, 1.82) is 5.26 Å². The summed E-state index contributed by atoms with van der Waals surface area (Å²) in [6, 6.07) is 8.20. The molecular weight excluding hydrogens is 356 g/mol. The van der Waals surface area contributed by atoms with Crippen LogP contribution in [0.2, 0.25) is 5.02 Å². The van der Waals surface area contributed by atoms with Gasteiger partial charge in [-0.25, -0.2) is 0 Å². The number of hydrogen-bond acceptors (Lipinski definition) is 4. The van der Waals surface area contributed by atoms with E-state index in [9.17, 15) is 4.79 Å². The first-order valence-electron chi connectivity index (χ1n) is 8.29. The van der Waals surface area contributed by atoms with Gasteiger partial charge < -0.3 is 9.64 Å². The second kappa shape index (κ2) is 6.36. The summed E-state index contributed by atoms with van der Waals surface area (Å²) >= 11 is 8.00. The summed E-state index contributed by atoms with van der Waals surface area (Å²) in [6.45, 7) is 1.21. The molecule has 25 heavy (non-hydrogen) atoms. The third kappa shape index (κ3) is 2.70. The Morgan fingerprint density at radius 3 is 3.00 bits per heavy atom. The van der Waals surface area contributed by atoms with E-state index in [4.69, 9.17) is 21.6 Å². The van der Waals surface area contributed by atoms with Crippen LogP contribution in [0.15, 0.2) is 18.2 Å². The van der Waals surface area contributed by atoms with E-state index in [1.165, 1.54) is 16.9 Å². The first-order valence-corrected chi connectivity index (χ1v) is 9.49. The van der Waals surface area contributed by atoms with Crippen molar-refractivity contribution < 1.29 is 9.53 Å². The van der Waals surface area contributed by atoms with E-state index in [1.807, 2.05) is 18.2 Å². The lowest BCUT2D eigenvalue weighted by molar-refractivity contribution is 0.0794. The summed E-state index contributed by atoms with van der Waals surface area (Å²) in [5.74, 6) is 0.695. The number of aryl methyl sites for hydroxylation is 1. The van der Waals surface area contributed by atoms with E-state index in [-0.39, 0.29) is 11.8 Å². The number of rotatable bonds is 2. The molecule has 0 bridgehead atoms. The lowest BCUT2D eigenvalue weighted by Crippen LogP contribution is -2.27. The minimum Gasteiger partial charge on any atom is -0.495 e. The van der Waals surface area contributed by atoms with Crippen molar-refractivity contribution in [3.8, 4) is 22.3 Å². The molecule has 1 aliphatic carbocycles. The summed E-state index contributed by atoms with van der Waals surface area (Å²) in [7, 11) is 1.62. The van der Waals surface area contributed by atoms with Crippen LogP contribution in [-0.2, 0) is 12.8 Å². The van der Waals surface area contributed by atoms with E-state index in [0.717, 1.165) is 40.1 Å². The normalized spacial score (nSPS) is 18.4. The second-order valence-electron chi connectivity index (χ2n) is 6.44. The SMILES string of the molecule is COc1ccc2c(c1Cl)CCc1cc(C(=O)N3CCC(C#N)C3)sc1-2. The van der Waals surface area contributed by atoms with Gasteiger partial charge in [0.05, 0.1) is 29.0 Å². The predicted octanol–water partition coefficient (Wildman–Crippen LogP) is 4.16. The zero-order valence-electron chi connectivity index (χ0n) is 13.8. The third-order valence-corrected chi connectivity index (χ3v) is 6.61. The molecule has 4 rings (SSSR count). The molecule has 1 unspecified atom stereocenters. The van der Waals surface area contributed by atoms with Crippen molar-refractivity contribution in [3.05, 3.63) is 39.2 Å². The van der Waals surface area contributed by atoms with Gasteiger partial charge in [0.15, 0.2) is 0 Å². The zero-order valence-corrected chi connectivity index (χ0v) is 15.4. The Balaban J connectivity index is 1.68. The number of carbonyl (C=O) groups excluding carboxylic acids is 1. The topological polar surface area (TPSA) is 53.3 Å². The number of ether oxygens (including phenoxy) is 1. The Labute approximate surface area is 155 Å². The van der Waals surface area contributed by atoms with Crippen molar-refractivity contribution in [1.82, 2.24) is 4.90 Å². The lowest BCUT2D eigenvalue weighted by atomic mass is 9.91. The van der Waals surface area contributed by atoms with Crippen LogP contribution in [0.5, 0.6) is 5.75 Å². The van der Waals surface area contributed by atoms with Gasteiger partial charge in [-0.2, -0.15) is 5.26 Å². The monoisotopic (exact) mass is 372 g/mol. The fourth-order valence-electron chi connectivity index (χ4n) is 3.63. The van der Waals surface area contributed by atoms with Crippen LogP contribution < -0.4 is 4.74 Å². The maximum Gasteiger partial charge on any atom is 0.263 e. The Kier molecular flexibility index (Phi) is 4.18. The van der Waals surface area contributed by atoms with Crippen LogP contribution in [0, 0.1) is 17.2 Å². The highest BCUT2D eigenvalue weighted by Crippen LogP contribution is 2.44. The van der Waals surface area contributed by atoms with Gasteiger partial charge in [0.25, 0.3) is 5.91 Å². The van der Waals surface area contributed by atoms with Crippen LogP contribution in [0.3, 0.4) is 0 Å². The molecule has 4 nitrogen and oxygen atoms in total. The number of amides is 1. The molecule has 1 aromatic carbocycles. The molecule has 0 radical (unpaired) electrons. The van der Waals surface area contributed by atoms with Crippen molar-refractivity contribution in [3.63, 3.8) is 0 Å². The molecule has 1 atom stereocenters. The van der Waals surface area contributed by atoms with Crippen LogP contribution >= 0.6 is 22.9 Å². The van der Waals surface area contributed by atoms with Gasteiger partial charge in [0.2, 0.25) is 0 Å². The largest absolute Gasteiger partial charge is 0.495 e. The minimum absolute atomic E-state index is 0.0365. The Morgan fingerprint density at radius 1 is 1.44 bits per heavy atom. The molecule has 2 aliphatic rings. The second-order valence-corrected chi connectivity index (χ2v) is 7.87. The molecule has 2 heterocycles. The van der Waals surface area contributed by atoms with Gasteiger partial charge in [-0.15, -0.1) is 11.3 Å². The molecule has 0 spiro atoms. The van der Waals surface area contributed by atoms with Crippen LogP contribution in [-0.4, -0.2) is 31.0 Å². The molecule has 1 saturated heterocycles. The highest BCUT2D eigenvalue weighted by Gasteiger charge is 2.30. The molecular formula is C19H17ClN2O2S. The van der Waals surface area contributed by atoms with Gasteiger partial charge in [0, 0.05) is 18.0 Å². The van der Waals surface area contributed by atoms with Crippen LogP contribution in [0.25, 0.3) is 10.4 Å². The van der Waals surface area contributed by atoms with E-state index < -0.39 is 0 Å². The quantitative estimate of drug-likeness (QED) is 0.795. The van der Waals surface area contributed by atoms with Crippen molar-refractivity contribution in [2.75, 3.05) is 20.2 Å². The van der Waals surface area contributed by atoms with Crippen molar-refractivity contribution in [2.45, 2.75) is 19.3 Å². The molecule has 6 heteroatoms. The van der Waals surface area contributed by atoms with Gasteiger partial charge in [0.1, 0.15) is 5.75 Å². The summed E-state index contributed by atoms with van der Waals surface area (Å²) in [5, 5.41) is 9.71. The number of likely N-dealkylation sites (tertiary alicyclic amines) is 1. The highest BCUT2D eigenvalue weighted by molar-refractivity contribution is 7.17. The molecule has 2 aromatic rings. The summed E-state index contributed by atoms with van der Waals surface area (Å²) < 4.78 is 5.31. The molecule has 0 saturated carbocycles. The van der Waals surface area contributed by atoms with Crippen LogP contribution in [0.4, 0.5) is 0 Å². The fraction of sp³-hybridized carbons (Fsp3) is 0.368. The average Bonchev–Trinajstić information content (AvgIpc) is 3.28. The molecule has 0 N–H and O–H groups in total. The molecule has 1 aliphatic heterocycles. The summed E-state index contributed by atoms with van der Waals surface area (Å²) in [4.78, 5) is 16.5. The highest BCUT2D eigenvalue weighted by atomic mass is 35.5. The minimum atomic E-state index is -0.0365. The van der Waals surface area contributed by atoms with E-state index in [2.05, 4.69) is 6.07 Å². The third-order valence-electron chi connectivity index (χ3n) is 4.99. The van der Waals surface area contributed by atoms with Gasteiger partial charge in [-0.3, -0.25) is 4.79 Å². The van der Waals surface area contributed by atoms with E-state index >= 15 is 0 Å². The predicted molar refractivity (Wildman–Crippen MR) is 98.3 cm³/mol. The lowest BCUT2D eigenvalue weighted by Gasteiger charge is -2.18. The summed E-state index contributed by atoms with van der Waals surface area (Å²) in [5.41, 5.74) is 3.41. The van der Waals surface area contributed by atoms with Gasteiger partial charge in [-0.05, 0) is 54.2 Å². The fourth-order valence-corrected chi connectivity index (χ4v) is 5.20. The first-order chi connectivity index (χ1) is 12.1.